The van der Waals surface area contributed by atoms with E-state index >= 15 is 0 Å². The molecular weight excluding hydrogens is 306 g/mol. The molecule has 5 nitrogen and oxygen atoms in total. The Morgan fingerprint density at radius 1 is 1.21 bits per heavy atom. The third-order valence-electron chi connectivity index (χ3n) is 4.76. The highest BCUT2D eigenvalue weighted by Gasteiger charge is 2.39. The molecular formula is C19H21NO4. The summed E-state index contributed by atoms with van der Waals surface area (Å²) in [4.78, 5) is 25.5. The number of carboxylic acid groups (broad SMARTS) is 1. The molecule has 0 saturated carbocycles. The van der Waals surface area contributed by atoms with Crippen molar-refractivity contribution >= 4 is 22.6 Å². The van der Waals surface area contributed by atoms with Gasteiger partial charge >= 0.3 is 5.97 Å². The molecule has 0 aliphatic carbocycles. The van der Waals surface area contributed by atoms with Crippen LogP contribution in [0.3, 0.4) is 0 Å². The Bertz CT molecular complexity index is 768. The van der Waals surface area contributed by atoms with Gasteiger partial charge in [-0.25, -0.2) is 0 Å². The normalized spacial score (nSPS) is 21.7. The Morgan fingerprint density at radius 2 is 1.92 bits per heavy atom. The van der Waals surface area contributed by atoms with Crippen LogP contribution in [-0.4, -0.2) is 40.6 Å². The number of fused-ring (bicyclic) bond motifs is 1. The molecule has 3 atom stereocenters. The maximum Gasteiger partial charge on any atom is 0.308 e. The molecule has 1 heterocycles. The molecule has 5 heteroatoms. The van der Waals surface area contributed by atoms with E-state index in [1.165, 1.54) is 0 Å². The Kier molecular flexibility index (Phi) is 4.42. The highest BCUT2D eigenvalue weighted by molar-refractivity contribution is 5.89. The fourth-order valence-corrected chi connectivity index (χ4v) is 3.35. The fourth-order valence-electron chi connectivity index (χ4n) is 3.35. The van der Waals surface area contributed by atoms with Gasteiger partial charge in [0.05, 0.1) is 5.92 Å². The number of hydrogen-bond donors (Lipinski definition) is 1. The molecule has 1 fully saturated rings. The Balaban J connectivity index is 1.76. The van der Waals surface area contributed by atoms with Crippen LogP contribution >= 0.6 is 0 Å². The second-order valence-electron chi connectivity index (χ2n) is 6.24. The van der Waals surface area contributed by atoms with Crippen molar-refractivity contribution in [2.45, 2.75) is 32.4 Å². The lowest BCUT2D eigenvalue weighted by molar-refractivity contribution is -0.144. The Labute approximate surface area is 140 Å². The Morgan fingerprint density at radius 3 is 2.62 bits per heavy atom. The predicted molar refractivity (Wildman–Crippen MR) is 91.0 cm³/mol. The molecule has 3 unspecified atom stereocenters. The number of benzene rings is 2. The number of ether oxygens (including phenoxy) is 1. The fraction of sp³-hybridized carbons (Fsp3) is 0.368. The van der Waals surface area contributed by atoms with Gasteiger partial charge < -0.3 is 14.7 Å². The van der Waals surface area contributed by atoms with Gasteiger partial charge in [-0.05, 0) is 31.7 Å². The van der Waals surface area contributed by atoms with Crippen molar-refractivity contribution < 1.29 is 19.4 Å². The van der Waals surface area contributed by atoms with Crippen molar-refractivity contribution in [3.8, 4) is 5.75 Å². The van der Waals surface area contributed by atoms with E-state index < -0.39 is 18.0 Å². The number of amides is 1. The first kappa shape index (κ1) is 16.3. The highest BCUT2D eigenvalue weighted by atomic mass is 16.5. The summed E-state index contributed by atoms with van der Waals surface area (Å²) in [7, 11) is 0. The van der Waals surface area contributed by atoms with Gasteiger partial charge in [0, 0.05) is 18.0 Å². The van der Waals surface area contributed by atoms with Crippen LogP contribution in [0, 0.1) is 5.92 Å². The molecule has 1 aliphatic heterocycles. The zero-order valence-corrected chi connectivity index (χ0v) is 13.8. The van der Waals surface area contributed by atoms with Crippen LogP contribution in [-0.2, 0) is 9.59 Å². The monoisotopic (exact) mass is 327 g/mol. The summed E-state index contributed by atoms with van der Waals surface area (Å²) in [5.41, 5.74) is 0. The number of hydrogen-bond acceptors (Lipinski definition) is 3. The minimum absolute atomic E-state index is 0.167. The SMILES string of the molecule is CC(Oc1cccc2ccccc12)C(=O)N1CCC(C(=O)O)C1C. The standard InChI is InChI=1S/C19H21NO4/c1-12-15(19(22)23)10-11-20(12)18(21)13(2)24-17-9-5-7-14-6-3-4-8-16(14)17/h3-9,12-13,15H,10-11H2,1-2H3,(H,22,23). The van der Waals surface area contributed by atoms with Crippen LogP contribution in [0.15, 0.2) is 42.5 Å². The molecule has 1 amide bonds. The van der Waals surface area contributed by atoms with Crippen LogP contribution in [0.1, 0.15) is 20.3 Å². The summed E-state index contributed by atoms with van der Waals surface area (Å²) in [6.07, 6.45) is -0.172. The quantitative estimate of drug-likeness (QED) is 0.937. The molecule has 24 heavy (non-hydrogen) atoms. The minimum atomic E-state index is -0.847. The lowest BCUT2D eigenvalue weighted by atomic mass is 10.0. The molecule has 1 aliphatic rings. The van der Waals surface area contributed by atoms with E-state index in [0.29, 0.717) is 18.7 Å². The van der Waals surface area contributed by atoms with Crippen LogP contribution in [0.25, 0.3) is 10.8 Å². The second kappa shape index (κ2) is 6.51. The third-order valence-corrected chi connectivity index (χ3v) is 4.76. The molecule has 0 aromatic heterocycles. The second-order valence-corrected chi connectivity index (χ2v) is 6.24. The topological polar surface area (TPSA) is 66.8 Å². The van der Waals surface area contributed by atoms with Gasteiger partial charge in [0.1, 0.15) is 5.75 Å². The van der Waals surface area contributed by atoms with E-state index in [1.54, 1.807) is 18.7 Å². The van der Waals surface area contributed by atoms with Crippen molar-refractivity contribution in [1.29, 1.82) is 0 Å². The van der Waals surface area contributed by atoms with Crippen molar-refractivity contribution in [2.24, 2.45) is 5.92 Å². The molecule has 3 rings (SSSR count). The van der Waals surface area contributed by atoms with E-state index in [1.807, 2.05) is 42.5 Å². The number of likely N-dealkylation sites (tertiary alicyclic amines) is 1. The lowest BCUT2D eigenvalue weighted by Crippen LogP contribution is -2.44. The van der Waals surface area contributed by atoms with Gasteiger partial charge in [-0.1, -0.05) is 36.4 Å². The maximum absolute atomic E-state index is 12.7. The van der Waals surface area contributed by atoms with Crippen molar-refractivity contribution in [3.63, 3.8) is 0 Å². The maximum atomic E-state index is 12.7. The van der Waals surface area contributed by atoms with E-state index in [9.17, 15) is 14.7 Å². The number of carbonyl (C=O) groups excluding carboxylic acids is 1. The van der Waals surface area contributed by atoms with Crippen LogP contribution in [0.2, 0.25) is 0 Å². The van der Waals surface area contributed by atoms with Gasteiger partial charge in [-0.2, -0.15) is 0 Å². The summed E-state index contributed by atoms with van der Waals surface area (Å²) < 4.78 is 5.91. The minimum Gasteiger partial charge on any atom is -0.481 e. The van der Waals surface area contributed by atoms with E-state index in [-0.39, 0.29) is 11.9 Å². The van der Waals surface area contributed by atoms with E-state index in [0.717, 1.165) is 10.8 Å². The molecule has 126 valence electrons. The summed E-state index contributed by atoms with van der Waals surface area (Å²) in [6.45, 7) is 3.96. The first-order chi connectivity index (χ1) is 11.5. The van der Waals surface area contributed by atoms with Crippen LogP contribution in [0.4, 0.5) is 0 Å². The van der Waals surface area contributed by atoms with Crippen molar-refractivity contribution in [3.05, 3.63) is 42.5 Å². The number of nitrogens with zero attached hydrogens (tertiary/aromatic N) is 1. The van der Waals surface area contributed by atoms with Gasteiger partial charge in [-0.15, -0.1) is 0 Å². The van der Waals surface area contributed by atoms with E-state index in [4.69, 9.17) is 4.74 Å². The molecule has 2 aromatic carbocycles. The molecule has 1 N–H and O–H groups in total. The largest absolute Gasteiger partial charge is 0.481 e. The van der Waals surface area contributed by atoms with Gasteiger partial charge in [0.15, 0.2) is 6.10 Å². The number of rotatable bonds is 4. The molecule has 2 aromatic rings. The summed E-state index contributed by atoms with van der Waals surface area (Å²) >= 11 is 0. The van der Waals surface area contributed by atoms with Gasteiger partial charge in [-0.3, -0.25) is 9.59 Å². The third kappa shape index (κ3) is 2.94. The number of carboxylic acids is 1. The smallest absolute Gasteiger partial charge is 0.308 e. The van der Waals surface area contributed by atoms with Crippen LogP contribution < -0.4 is 4.74 Å². The van der Waals surface area contributed by atoms with Gasteiger partial charge in [0.25, 0.3) is 5.91 Å². The molecule has 0 bridgehead atoms. The number of aliphatic carboxylic acids is 1. The first-order valence-electron chi connectivity index (χ1n) is 8.16. The highest BCUT2D eigenvalue weighted by Crippen LogP contribution is 2.28. The average Bonchev–Trinajstić information content (AvgIpc) is 2.96. The van der Waals surface area contributed by atoms with Crippen molar-refractivity contribution in [1.82, 2.24) is 4.90 Å². The zero-order chi connectivity index (χ0) is 17.3. The van der Waals surface area contributed by atoms with E-state index in [2.05, 4.69) is 0 Å². The molecule has 1 saturated heterocycles. The number of carbonyl (C=O) groups is 2. The lowest BCUT2D eigenvalue weighted by Gasteiger charge is -2.26. The van der Waals surface area contributed by atoms with Gasteiger partial charge in [0.2, 0.25) is 0 Å². The summed E-state index contributed by atoms with van der Waals surface area (Å²) in [5, 5.41) is 11.2. The zero-order valence-electron chi connectivity index (χ0n) is 13.8. The summed E-state index contributed by atoms with van der Waals surface area (Å²) in [5.74, 6) is -0.853. The summed E-state index contributed by atoms with van der Waals surface area (Å²) in [6, 6.07) is 13.3. The van der Waals surface area contributed by atoms with Crippen LogP contribution in [0.5, 0.6) is 5.75 Å². The average molecular weight is 327 g/mol. The first-order valence-corrected chi connectivity index (χ1v) is 8.16. The van der Waals surface area contributed by atoms with Crippen molar-refractivity contribution in [2.75, 3.05) is 6.54 Å². The predicted octanol–water partition coefficient (Wildman–Crippen LogP) is 2.93. The Hall–Kier alpha value is -2.56. The molecule has 0 spiro atoms. The molecule has 0 radical (unpaired) electrons.